The van der Waals surface area contributed by atoms with Gasteiger partial charge in [0.2, 0.25) is 0 Å². The number of nitro benzene ring substituents is 3. The van der Waals surface area contributed by atoms with Crippen molar-refractivity contribution in [2.45, 2.75) is 13.8 Å². The number of phenolic OH excluding ortho intramolecular Hbond substituents is 2. The first-order valence-electron chi connectivity index (χ1n) is 6.13. The third-order valence-corrected chi connectivity index (χ3v) is 2.64. The van der Waals surface area contributed by atoms with Gasteiger partial charge in [-0.05, 0) is 0 Å². The molecule has 134 valence electrons. The van der Waals surface area contributed by atoms with E-state index in [1.807, 2.05) is 0 Å². The molecule has 1 aromatic carbocycles. The Balaban J connectivity index is 0.000000640. The van der Waals surface area contributed by atoms with Crippen LogP contribution in [0, 0.1) is 35.8 Å². The Labute approximate surface area is 133 Å². The van der Waals surface area contributed by atoms with Gasteiger partial charge in [0.1, 0.15) is 6.07 Å². The highest BCUT2D eigenvalue weighted by Crippen LogP contribution is 2.47. The molecule has 1 rings (SSSR count). The van der Waals surface area contributed by atoms with Gasteiger partial charge in [-0.15, -0.1) is 0 Å². The van der Waals surface area contributed by atoms with Gasteiger partial charge in [-0.3, -0.25) is 30.3 Å². The molecule has 13 heteroatoms. The van der Waals surface area contributed by atoms with Crippen LogP contribution in [-0.4, -0.2) is 48.4 Å². The maximum atomic E-state index is 10.4. The van der Waals surface area contributed by atoms with Crippen LogP contribution in [0.15, 0.2) is 6.07 Å². The van der Waals surface area contributed by atoms with E-state index in [1.54, 1.807) is 13.8 Å². The highest BCUT2D eigenvalue weighted by molar-refractivity contribution is 5.73. The second kappa shape index (κ2) is 7.98. The number of aromatic hydroxyl groups is 2. The van der Waals surface area contributed by atoms with Crippen molar-refractivity contribution in [1.82, 2.24) is 0 Å². The minimum Gasteiger partial charge on any atom is -0.497 e. The van der Waals surface area contributed by atoms with Gasteiger partial charge in [-0.25, -0.2) is 0 Å². The zero-order valence-corrected chi connectivity index (χ0v) is 12.6. The second-order valence-corrected chi connectivity index (χ2v) is 5.21. The van der Waals surface area contributed by atoms with Crippen molar-refractivity contribution in [3.05, 3.63) is 36.4 Å². The first-order valence-corrected chi connectivity index (χ1v) is 6.13. The normalized spacial score (nSPS) is 10.5. The van der Waals surface area contributed by atoms with E-state index >= 15 is 0 Å². The first-order chi connectivity index (χ1) is 10.9. The fraction of sp³-hybridized carbons (Fsp3) is 0.455. The first kappa shape index (κ1) is 20.9. The Morgan fingerprint density at radius 2 is 1.21 bits per heavy atom. The lowest BCUT2D eigenvalue weighted by Gasteiger charge is -2.16. The van der Waals surface area contributed by atoms with Crippen molar-refractivity contribution in [1.29, 1.82) is 0 Å². The van der Waals surface area contributed by atoms with E-state index in [0.29, 0.717) is 0 Å². The quantitative estimate of drug-likeness (QED) is 0.434. The summed E-state index contributed by atoms with van der Waals surface area (Å²) in [4.78, 5) is 27.4. The molecule has 0 aliphatic carbocycles. The molecule has 0 aliphatic rings. The highest BCUT2D eigenvalue weighted by Gasteiger charge is 2.37. The van der Waals surface area contributed by atoms with E-state index in [-0.39, 0.29) is 24.7 Å². The van der Waals surface area contributed by atoms with Crippen LogP contribution in [0.25, 0.3) is 0 Å². The second-order valence-electron chi connectivity index (χ2n) is 5.21. The minimum atomic E-state index is -1.48. The molecule has 0 saturated carbocycles. The van der Waals surface area contributed by atoms with Crippen LogP contribution in [0.2, 0.25) is 0 Å². The summed E-state index contributed by atoms with van der Waals surface area (Å²) in [5, 5.41) is 66.4. The lowest BCUT2D eigenvalue weighted by Crippen LogP contribution is -2.20. The van der Waals surface area contributed by atoms with Crippen LogP contribution in [0.4, 0.5) is 17.1 Å². The van der Waals surface area contributed by atoms with Crippen molar-refractivity contribution >= 4 is 17.1 Å². The van der Waals surface area contributed by atoms with Gasteiger partial charge in [0.15, 0.2) is 0 Å². The third kappa shape index (κ3) is 4.99. The monoisotopic (exact) mass is 349 g/mol. The van der Waals surface area contributed by atoms with Crippen molar-refractivity contribution in [2.24, 2.45) is 5.41 Å². The SMILES string of the molecule is CC(C)(CO)CO.O=[N+]([O-])c1cc([N+](=O)[O-])c(O)c([N+](=O)[O-])c1O. The van der Waals surface area contributed by atoms with E-state index in [4.69, 9.17) is 20.4 Å². The molecule has 0 bridgehead atoms. The number of phenols is 2. The summed E-state index contributed by atoms with van der Waals surface area (Å²) in [5.74, 6) is -2.88. The molecule has 0 aliphatic heterocycles. The lowest BCUT2D eigenvalue weighted by atomic mass is 9.97. The van der Waals surface area contributed by atoms with Crippen molar-refractivity contribution in [3.8, 4) is 11.5 Å². The van der Waals surface area contributed by atoms with Gasteiger partial charge in [-0.1, -0.05) is 13.8 Å². The van der Waals surface area contributed by atoms with E-state index < -0.39 is 43.3 Å². The van der Waals surface area contributed by atoms with E-state index in [9.17, 15) is 30.3 Å². The Morgan fingerprint density at radius 1 is 0.875 bits per heavy atom. The molecule has 0 saturated heterocycles. The van der Waals surface area contributed by atoms with Gasteiger partial charge in [-0.2, -0.15) is 0 Å². The van der Waals surface area contributed by atoms with Crippen LogP contribution < -0.4 is 0 Å². The molecule has 0 unspecified atom stereocenters. The van der Waals surface area contributed by atoms with Gasteiger partial charge in [0, 0.05) is 5.41 Å². The van der Waals surface area contributed by atoms with Crippen LogP contribution in [-0.2, 0) is 0 Å². The number of hydrogen-bond acceptors (Lipinski definition) is 10. The summed E-state index contributed by atoms with van der Waals surface area (Å²) in [6.45, 7) is 3.69. The summed E-state index contributed by atoms with van der Waals surface area (Å²) in [5.41, 5.74) is -4.26. The van der Waals surface area contributed by atoms with E-state index in [0.717, 1.165) is 0 Å². The largest absolute Gasteiger partial charge is 0.497 e. The van der Waals surface area contributed by atoms with Gasteiger partial charge >= 0.3 is 17.1 Å². The van der Waals surface area contributed by atoms with Crippen molar-refractivity contribution in [2.75, 3.05) is 13.2 Å². The molecule has 0 heterocycles. The number of benzene rings is 1. The summed E-state index contributed by atoms with van der Waals surface area (Å²) in [7, 11) is 0. The number of aliphatic hydroxyl groups excluding tert-OH is 2. The fourth-order valence-electron chi connectivity index (χ4n) is 1.12. The zero-order chi connectivity index (χ0) is 19.2. The molecule has 0 aromatic heterocycles. The highest BCUT2D eigenvalue weighted by atomic mass is 16.6. The molecule has 4 N–H and O–H groups in total. The lowest BCUT2D eigenvalue weighted by molar-refractivity contribution is -0.405. The molecule has 24 heavy (non-hydrogen) atoms. The average Bonchev–Trinajstić information content (AvgIpc) is 2.46. The number of rotatable bonds is 5. The van der Waals surface area contributed by atoms with E-state index in [1.165, 1.54) is 0 Å². The maximum absolute atomic E-state index is 10.4. The number of hydrogen-bond donors (Lipinski definition) is 4. The molecule has 13 nitrogen and oxygen atoms in total. The summed E-state index contributed by atoms with van der Waals surface area (Å²) in [6.07, 6.45) is 0. The Hall–Kier alpha value is -3.06. The molecule has 1 aromatic rings. The number of aliphatic hydroxyl groups is 2. The van der Waals surface area contributed by atoms with Crippen LogP contribution in [0.5, 0.6) is 11.5 Å². The van der Waals surface area contributed by atoms with E-state index in [2.05, 4.69) is 0 Å². The summed E-state index contributed by atoms with van der Waals surface area (Å²) >= 11 is 0. The molecule has 0 amide bonds. The smallest absolute Gasteiger partial charge is 0.366 e. The molecular formula is C11H15N3O10. The summed E-state index contributed by atoms with van der Waals surface area (Å²) in [6, 6.07) is 0.234. The van der Waals surface area contributed by atoms with Crippen molar-refractivity contribution < 1.29 is 35.2 Å². The zero-order valence-electron chi connectivity index (χ0n) is 12.6. The molecule has 0 spiro atoms. The molecule has 0 radical (unpaired) electrons. The van der Waals surface area contributed by atoms with Crippen molar-refractivity contribution in [3.63, 3.8) is 0 Å². The summed E-state index contributed by atoms with van der Waals surface area (Å²) < 4.78 is 0. The predicted octanol–water partition coefficient (Wildman–Crippen LogP) is 0.820. The third-order valence-electron chi connectivity index (χ3n) is 2.64. The molecule has 0 fully saturated rings. The Kier molecular flexibility index (Phi) is 6.96. The topological polar surface area (TPSA) is 210 Å². The molecule has 0 atom stereocenters. The maximum Gasteiger partial charge on any atom is 0.366 e. The van der Waals surface area contributed by atoms with Gasteiger partial charge in [0.25, 0.3) is 11.5 Å². The van der Waals surface area contributed by atoms with Gasteiger partial charge in [0.05, 0.1) is 28.0 Å². The minimum absolute atomic E-state index is 0.0451. The fourth-order valence-corrected chi connectivity index (χ4v) is 1.12. The van der Waals surface area contributed by atoms with Gasteiger partial charge < -0.3 is 20.4 Å². The predicted molar refractivity (Wildman–Crippen MR) is 77.7 cm³/mol. The van der Waals surface area contributed by atoms with Crippen LogP contribution in [0.1, 0.15) is 13.8 Å². The number of nitro groups is 3. The molecular weight excluding hydrogens is 334 g/mol. The standard InChI is InChI=1S/C6H3N3O8.C5H12O2/c10-5-2(7(12)13)1-3(8(14)15)6(11)4(5)9(16)17;1-5(2,3-6)4-7/h1,10-11H;6-7H,3-4H2,1-2H3. The number of nitrogens with zero attached hydrogens (tertiary/aromatic N) is 3. The Bertz CT molecular complexity index is 614. The van der Waals surface area contributed by atoms with Crippen LogP contribution in [0.3, 0.4) is 0 Å². The van der Waals surface area contributed by atoms with Crippen LogP contribution >= 0.6 is 0 Å². The Morgan fingerprint density at radius 3 is 1.38 bits per heavy atom. The average molecular weight is 349 g/mol.